The molecule has 2 aromatic rings. The van der Waals surface area contributed by atoms with Gasteiger partial charge in [-0.25, -0.2) is 0 Å². The zero-order valence-electron chi connectivity index (χ0n) is 18.1. The topological polar surface area (TPSA) is 77.1 Å². The number of ether oxygens (including phenoxy) is 3. The lowest BCUT2D eigenvalue weighted by molar-refractivity contribution is -0.131. The number of rotatable bonds is 7. The molecule has 7 heteroatoms. The van der Waals surface area contributed by atoms with E-state index in [1.165, 1.54) is 0 Å². The first-order valence-corrected chi connectivity index (χ1v) is 10.8. The minimum absolute atomic E-state index is 0.0527. The molecule has 0 aromatic heterocycles. The van der Waals surface area contributed by atoms with Gasteiger partial charge in [0.15, 0.2) is 11.5 Å². The average Bonchev–Trinajstić information content (AvgIpc) is 3.47. The number of fused-ring (bicyclic) bond motifs is 1. The third kappa shape index (κ3) is 3.24. The van der Waals surface area contributed by atoms with Crippen LogP contribution in [0.5, 0.6) is 11.5 Å². The van der Waals surface area contributed by atoms with Gasteiger partial charge in [-0.3, -0.25) is 9.59 Å². The van der Waals surface area contributed by atoms with E-state index in [4.69, 9.17) is 14.2 Å². The lowest BCUT2D eigenvalue weighted by Crippen LogP contribution is -2.44. The van der Waals surface area contributed by atoms with Crippen LogP contribution in [0.15, 0.2) is 60.7 Å². The summed E-state index contributed by atoms with van der Waals surface area (Å²) < 4.78 is 16.8. The predicted octanol–water partition coefficient (Wildman–Crippen LogP) is 2.35. The van der Waals surface area contributed by atoms with Gasteiger partial charge in [0.1, 0.15) is 5.60 Å². The van der Waals surface area contributed by atoms with Crippen molar-refractivity contribution >= 4 is 17.5 Å². The van der Waals surface area contributed by atoms with E-state index in [-0.39, 0.29) is 17.9 Å². The van der Waals surface area contributed by atoms with Crippen LogP contribution in [0.25, 0.3) is 0 Å². The highest BCUT2D eigenvalue weighted by Gasteiger charge is 2.66. The number of anilines is 1. The van der Waals surface area contributed by atoms with Gasteiger partial charge in [-0.2, -0.15) is 0 Å². The van der Waals surface area contributed by atoms with Gasteiger partial charge < -0.3 is 24.4 Å². The van der Waals surface area contributed by atoms with Crippen molar-refractivity contribution in [2.45, 2.75) is 18.1 Å². The van der Waals surface area contributed by atoms with Crippen molar-refractivity contribution in [2.75, 3.05) is 32.2 Å². The molecular weight excluding hydrogens is 408 g/mol. The van der Waals surface area contributed by atoms with Crippen molar-refractivity contribution < 1.29 is 23.8 Å². The molecular formula is C25H26N2O5. The van der Waals surface area contributed by atoms with E-state index in [1.54, 1.807) is 19.1 Å². The van der Waals surface area contributed by atoms with Crippen LogP contribution in [0.1, 0.15) is 5.56 Å². The molecule has 7 nitrogen and oxygen atoms in total. The molecule has 0 unspecified atom stereocenters. The van der Waals surface area contributed by atoms with Gasteiger partial charge in [-0.15, -0.1) is 0 Å². The second-order valence-corrected chi connectivity index (χ2v) is 8.39. The van der Waals surface area contributed by atoms with Crippen LogP contribution in [0.2, 0.25) is 0 Å². The van der Waals surface area contributed by atoms with Crippen LogP contribution in [-0.4, -0.2) is 50.8 Å². The SMILES string of the molecule is COc1ccc(CCNC(=O)[C@H]2[C@H]3C(=O)N(c4ccccc4)C[C@@]34C=C[C@H]2O4)cc1OC. The first-order chi connectivity index (χ1) is 15.6. The van der Waals surface area contributed by atoms with Crippen molar-refractivity contribution in [3.05, 3.63) is 66.2 Å². The highest BCUT2D eigenvalue weighted by Crippen LogP contribution is 2.52. The van der Waals surface area contributed by atoms with Gasteiger partial charge in [-0.05, 0) is 36.2 Å². The minimum atomic E-state index is -0.719. The zero-order chi connectivity index (χ0) is 22.3. The first kappa shape index (κ1) is 20.6. The van der Waals surface area contributed by atoms with Crippen molar-refractivity contribution in [3.8, 4) is 11.5 Å². The van der Waals surface area contributed by atoms with Gasteiger partial charge >= 0.3 is 0 Å². The van der Waals surface area contributed by atoms with E-state index in [0.717, 1.165) is 11.3 Å². The summed E-state index contributed by atoms with van der Waals surface area (Å²) in [5, 5.41) is 3.01. The van der Waals surface area contributed by atoms with Crippen LogP contribution in [0.3, 0.4) is 0 Å². The number of benzene rings is 2. The fourth-order valence-corrected chi connectivity index (χ4v) is 5.11. The number of carbonyl (C=O) groups is 2. The summed E-state index contributed by atoms with van der Waals surface area (Å²) in [7, 11) is 3.19. The fourth-order valence-electron chi connectivity index (χ4n) is 5.11. The molecule has 2 aromatic carbocycles. The largest absolute Gasteiger partial charge is 0.493 e. The average molecular weight is 434 g/mol. The van der Waals surface area contributed by atoms with Crippen LogP contribution in [-0.2, 0) is 20.7 Å². The molecule has 2 saturated heterocycles. The quantitative estimate of drug-likeness (QED) is 0.677. The van der Waals surface area contributed by atoms with Gasteiger partial charge in [-0.1, -0.05) is 36.4 Å². The van der Waals surface area contributed by atoms with Crippen molar-refractivity contribution in [1.29, 1.82) is 0 Å². The van der Waals surface area contributed by atoms with Crippen LogP contribution >= 0.6 is 0 Å². The van der Waals surface area contributed by atoms with E-state index in [2.05, 4.69) is 5.32 Å². The number of hydrogen-bond donors (Lipinski definition) is 1. The Morgan fingerprint density at radius 1 is 1.16 bits per heavy atom. The maximum Gasteiger partial charge on any atom is 0.234 e. The third-order valence-corrected chi connectivity index (χ3v) is 6.63. The molecule has 166 valence electrons. The number of carbonyl (C=O) groups excluding carboxylic acids is 2. The van der Waals surface area contributed by atoms with E-state index < -0.39 is 17.4 Å². The van der Waals surface area contributed by atoms with E-state index in [1.807, 2.05) is 60.7 Å². The standard InChI is InChI=1S/C25H26N2O5/c1-30-18-9-8-16(14-20(18)31-2)11-13-26-23(28)21-19-10-12-25(32-19)15-27(24(29)22(21)25)17-6-4-3-5-7-17/h3-10,12,14,19,21-22H,11,13,15H2,1-2H3,(H,26,28)/t19-,21-,22+,25+/m1/s1. The highest BCUT2D eigenvalue weighted by atomic mass is 16.5. The molecule has 3 aliphatic rings. The Bertz CT molecular complexity index is 1070. The summed E-state index contributed by atoms with van der Waals surface area (Å²) in [5.74, 6) is 0.102. The van der Waals surface area contributed by atoms with Gasteiger partial charge in [0, 0.05) is 12.2 Å². The normalized spacial score (nSPS) is 27.5. The Morgan fingerprint density at radius 2 is 1.94 bits per heavy atom. The Morgan fingerprint density at radius 3 is 2.69 bits per heavy atom. The highest BCUT2D eigenvalue weighted by molar-refractivity contribution is 6.03. The van der Waals surface area contributed by atoms with Crippen LogP contribution in [0, 0.1) is 11.8 Å². The second-order valence-electron chi connectivity index (χ2n) is 8.39. The zero-order valence-corrected chi connectivity index (χ0v) is 18.1. The van der Waals surface area contributed by atoms with E-state index in [9.17, 15) is 9.59 Å². The molecule has 0 radical (unpaired) electrons. The lowest BCUT2D eigenvalue weighted by atomic mass is 9.77. The summed E-state index contributed by atoms with van der Waals surface area (Å²) in [5.41, 5.74) is 1.13. The Labute approximate surface area is 186 Å². The van der Waals surface area contributed by atoms with Crippen molar-refractivity contribution in [2.24, 2.45) is 11.8 Å². The predicted molar refractivity (Wildman–Crippen MR) is 119 cm³/mol. The maximum absolute atomic E-state index is 13.3. The molecule has 2 fully saturated rings. The monoisotopic (exact) mass is 434 g/mol. The number of hydrogen-bond acceptors (Lipinski definition) is 5. The van der Waals surface area contributed by atoms with E-state index >= 15 is 0 Å². The van der Waals surface area contributed by atoms with E-state index in [0.29, 0.717) is 31.0 Å². The number of nitrogens with zero attached hydrogens (tertiary/aromatic N) is 1. The summed E-state index contributed by atoms with van der Waals surface area (Å²) in [6, 6.07) is 15.2. The molecule has 5 rings (SSSR count). The molecule has 4 atom stereocenters. The Balaban J connectivity index is 1.27. The van der Waals surface area contributed by atoms with Crippen LogP contribution < -0.4 is 19.7 Å². The number of para-hydroxylation sites is 1. The molecule has 32 heavy (non-hydrogen) atoms. The smallest absolute Gasteiger partial charge is 0.234 e. The summed E-state index contributed by atoms with van der Waals surface area (Å²) in [6.07, 6.45) is 4.18. The Kier molecular flexibility index (Phi) is 5.13. The molecule has 3 aliphatic heterocycles. The number of amides is 2. The van der Waals surface area contributed by atoms with Crippen molar-refractivity contribution in [3.63, 3.8) is 0 Å². The molecule has 3 heterocycles. The molecule has 0 aliphatic carbocycles. The molecule has 0 saturated carbocycles. The fraction of sp³-hybridized carbons (Fsp3) is 0.360. The molecule has 2 amide bonds. The number of methoxy groups -OCH3 is 2. The second kappa shape index (κ2) is 7.98. The minimum Gasteiger partial charge on any atom is -0.493 e. The maximum atomic E-state index is 13.3. The number of nitrogens with one attached hydrogen (secondary N) is 1. The molecule has 2 bridgehead atoms. The first-order valence-electron chi connectivity index (χ1n) is 10.8. The summed E-state index contributed by atoms with van der Waals surface area (Å²) in [4.78, 5) is 28.2. The van der Waals surface area contributed by atoms with Gasteiger partial charge in [0.2, 0.25) is 11.8 Å². The summed E-state index contributed by atoms with van der Waals surface area (Å²) in [6.45, 7) is 0.889. The van der Waals surface area contributed by atoms with Gasteiger partial charge in [0.05, 0.1) is 38.7 Å². The van der Waals surface area contributed by atoms with Crippen LogP contribution in [0.4, 0.5) is 5.69 Å². The Hall–Kier alpha value is -3.32. The summed E-state index contributed by atoms with van der Waals surface area (Å²) >= 11 is 0. The van der Waals surface area contributed by atoms with Crippen molar-refractivity contribution in [1.82, 2.24) is 5.32 Å². The molecule has 1 spiro atoms. The van der Waals surface area contributed by atoms with Gasteiger partial charge in [0.25, 0.3) is 0 Å². The third-order valence-electron chi connectivity index (χ3n) is 6.63. The lowest BCUT2D eigenvalue weighted by Gasteiger charge is -2.23. The molecule has 1 N–H and O–H groups in total.